The lowest BCUT2D eigenvalue weighted by molar-refractivity contribution is 0.100. The van der Waals surface area contributed by atoms with E-state index in [-0.39, 0.29) is 0 Å². The second kappa shape index (κ2) is 7.15. The number of aromatic nitrogens is 2. The number of nitrogens with two attached hydrogens (primary N) is 2. The summed E-state index contributed by atoms with van der Waals surface area (Å²) in [6.45, 7) is 0. The van der Waals surface area contributed by atoms with Gasteiger partial charge in [-0.3, -0.25) is 4.79 Å². The molecule has 24 heavy (non-hydrogen) atoms. The quantitative estimate of drug-likeness (QED) is 0.789. The van der Waals surface area contributed by atoms with Crippen LogP contribution in [0.1, 0.15) is 36.0 Å². The molecule has 0 bridgehead atoms. The zero-order valence-corrected chi connectivity index (χ0v) is 14.0. The Bertz CT molecular complexity index is 744. The van der Waals surface area contributed by atoms with Crippen molar-refractivity contribution < 1.29 is 4.79 Å². The summed E-state index contributed by atoms with van der Waals surface area (Å²) >= 11 is 6.24. The van der Waals surface area contributed by atoms with Crippen LogP contribution in [0.4, 0.5) is 5.95 Å². The monoisotopic (exact) mass is 345 g/mol. The minimum atomic E-state index is -0.487. The summed E-state index contributed by atoms with van der Waals surface area (Å²) in [5, 5.41) is 3.77. The SMILES string of the molecule is NC(=O)c1cccc(-c2nc(NC3CCC(N)CC3)ncc2Cl)c1. The van der Waals surface area contributed by atoms with Gasteiger partial charge in [-0.1, -0.05) is 23.7 Å². The summed E-state index contributed by atoms with van der Waals surface area (Å²) in [6.07, 6.45) is 5.56. The fraction of sp³-hybridized carbons (Fsp3) is 0.353. The first-order chi connectivity index (χ1) is 11.5. The van der Waals surface area contributed by atoms with Gasteiger partial charge in [0.2, 0.25) is 11.9 Å². The molecule has 1 aromatic heterocycles. The third-order valence-corrected chi connectivity index (χ3v) is 4.55. The number of hydrogen-bond acceptors (Lipinski definition) is 5. The van der Waals surface area contributed by atoms with E-state index in [1.165, 1.54) is 0 Å². The van der Waals surface area contributed by atoms with E-state index in [9.17, 15) is 4.79 Å². The lowest BCUT2D eigenvalue weighted by Crippen LogP contribution is -2.33. The van der Waals surface area contributed by atoms with Crippen molar-refractivity contribution in [2.75, 3.05) is 5.32 Å². The summed E-state index contributed by atoms with van der Waals surface area (Å²) in [6, 6.07) is 7.54. The number of halogens is 1. The Kier molecular flexibility index (Phi) is 4.97. The summed E-state index contributed by atoms with van der Waals surface area (Å²) in [5.41, 5.74) is 13.0. The van der Waals surface area contributed by atoms with Crippen molar-refractivity contribution >= 4 is 23.5 Å². The summed E-state index contributed by atoms with van der Waals surface area (Å²) in [7, 11) is 0. The van der Waals surface area contributed by atoms with Gasteiger partial charge < -0.3 is 16.8 Å². The van der Waals surface area contributed by atoms with Crippen molar-refractivity contribution in [1.29, 1.82) is 0 Å². The van der Waals surface area contributed by atoms with Crippen LogP contribution in [0, 0.1) is 0 Å². The summed E-state index contributed by atoms with van der Waals surface area (Å²) in [4.78, 5) is 20.1. The molecule has 0 spiro atoms. The van der Waals surface area contributed by atoms with Crippen molar-refractivity contribution in [2.45, 2.75) is 37.8 Å². The van der Waals surface area contributed by atoms with Gasteiger partial charge in [0.25, 0.3) is 0 Å². The van der Waals surface area contributed by atoms with E-state index < -0.39 is 5.91 Å². The molecule has 5 N–H and O–H groups in total. The third kappa shape index (κ3) is 3.83. The van der Waals surface area contributed by atoms with Gasteiger partial charge in [-0.25, -0.2) is 9.97 Å². The molecule has 0 atom stereocenters. The van der Waals surface area contributed by atoms with E-state index in [0.29, 0.717) is 34.3 Å². The van der Waals surface area contributed by atoms with Crippen molar-refractivity contribution in [1.82, 2.24) is 9.97 Å². The molecule has 7 heteroatoms. The number of anilines is 1. The molecule has 0 unspecified atom stereocenters. The van der Waals surface area contributed by atoms with E-state index in [4.69, 9.17) is 23.1 Å². The smallest absolute Gasteiger partial charge is 0.248 e. The van der Waals surface area contributed by atoms with Crippen LogP contribution < -0.4 is 16.8 Å². The Hall–Kier alpha value is -2.18. The topological polar surface area (TPSA) is 107 Å². The van der Waals surface area contributed by atoms with Crippen molar-refractivity contribution in [3.8, 4) is 11.3 Å². The van der Waals surface area contributed by atoms with Crippen LogP contribution in [0.2, 0.25) is 5.02 Å². The average molecular weight is 346 g/mol. The van der Waals surface area contributed by atoms with Gasteiger partial charge in [-0.15, -0.1) is 0 Å². The minimum absolute atomic E-state index is 0.293. The van der Waals surface area contributed by atoms with E-state index >= 15 is 0 Å². The molecule has 2 aromatic rings. The Morgan fingerprint density at radius 2 is 2.00 bits per heavy atom. The van der Waals surface area contributed by atoms with Crippen LogP contribution in [0.15, 0.2) is 30.5 Å². The van der Waals surface area contributed by atoms with Crippen molar-refractivity contribution in [3.63, 3.8) is 0 Å². The van der Waals surface area contributed by atoms with Crippen molar-refractivity contribution in [2.24, 2.45) is 11.5 Å². The predicted octanol–water partition coefficient (Wildman–Crippen LogP) is 2.58. The van der Waals surface area contributed by atoms with Gasteiger partial charge in [-0.05, 0) is 37.8 Å². The normalized spacial score (nSPS) is 20.6. The van der Waals surface area contributed by atoms with Crippen LogP contribution in [-0.4, -0.2) is 28.0 Å². The Labute approximate surface area is 145 Å². The molecular formula is C17H20ClN5O. The number of nitrogens with zero attached hydrogens (tertiary/aromatic N) is 2. The Balaban J connectivity index is 1.84. The molecule has 3 rings (SSSR count). The molecule has 1 aliphatic carbocycles. The molecule has 0 aliphatic heterocycles. The van der Waals surface area contributed by atoms with Gasteiger partial charge in [0.05, 0.1) is 16.9 Å². The van der Waals surface area contributed by atoms with Crippen LogP contribution >= 0.6 is 11.6 Å². The number of benzene rings is 1. The zero-order chi connectivity index (χ0) is 17.1. The molecule has 1 aliphatic rings. The molecule has 1 amide bonds. The van der Waals surface area contributed by atoms with E-state index in [1.807, 2.05) is 6.07 Å². The Morgan fingerprint density at radius 1 is 1.25 bits per heavy atom. The van der Waals surface area contributed by atoms with Gasteiger partial charge >= 0.3 is 0 Å². The fourth-order valence-corrected chi connectivity index (χ4v) is 3.11. The number of carbonyl (C=O) groups excluding carboxylic acids is 1. The molecule has 1 fully saturated rings. The van der Waals surface area contributed by atoms with Crippen LogP contribution in [-0.2, 0) is 0 Å². The van der Waals surface area contributed by atoms with Crippen LogP contribution in [0.25, 0.3) is 11.3 Å². The molecule has 1 heterocycles. The summed E-state index contributed by atoms with van der Waals surface area (Å²) in [5.74, 6) is 0.0401. The highest BCUT2D eigenvalue weighted by molar-refractivity contribution is 6.32. The second-order valence-corrected chi connectivity index (χ2v) is 6.50. The van der Waals surface area contributed by atoms with Crippen molar-refractivity contribution in [3.05, 3.63) is 41.0 Å². The largest absolute Gasteiger partial charge is 0.366 e. The van der Waals surface area contributed by atoms with Gasteiger partial charge in [-0.2, -0.15) is 0 Å². The highest BCUT2D eigenvalue weighted by Crippen LogP contribution is 2.28. The van der Waals surface area contributed by atoms with E-state index in [0.717, 1.165) is 31.2 Å². The van der Waals surface area contributed by atoms with E-state index in [2.05, 4.69) is 15.3 Å². The number of hydrogen-bond donors (Lipinski definition) is 3. The molecule has 0 radical (unpaired) electrons. The zero-order valence-electron chi connectivity index (χ0n) is 13.2. The van der Waals surface area contributed by atoms with E-state index in [1.54, 1.807) is 24.4 Å². The highest BCUT2D eigenvalue weighted by atomic mass is 35.5. The molecule has 6 nitrogen and oxygen atoms in total. The second-order valence-electron chi connectivity index (χ2n) is 6.09. The number of primary amides is 1. The minimum Gasteiger partial charge on any atom is -0.366 e. The molecule has 0 saturated heterocycles. The first kappa shape index (κ1) is 16.7. The lowest BCUT2D eigenvalue weighted by atomic mass is 9.92. The summed E-state index contributed by atoms with van der Waals surface area (Å²) < 4.78 is 0. The fourth-order valence-electron chi connectivity index (χ4n) is 2.90. The maximum Gasteiger partial charge on any atom is 0.248 e. The molecule has 1 saturated carbocycles. The molecule has 1 aromatic carbocycles. The predicted molar refractivity (Wildman–Crippen MR) is 94.9 cm³/mol. The number of nitrogens with one attached hydrogen (secondary N) is 1. The first-order valence-corrected chi connectivity index (χ1v) is 8.35. The van der Waals surface area contributed by atoms with Gasteiger partial charge in [0, 0.05) is 23.2 Å². The number of rotatable bonds is 4. The lowest BCUT2D eigenvalue weighted by Gasteiger charge is -2.26. The number of carbonyl (C=O) groups is 1. The maximum atomic E-state index is 11.4. The highest BCUT2D eigenvalue weighted by Gasteiger charge is 2.19. The first-order valence-electron chi connectivity index (χ1n) is 7.98. The standard InChI is InChI=1S/C17H20ClN5O/c18-14-9-21-17(22-13-6-4-12(19)5-7-13)23-15(14)10-2-1-3-11(8-10)16(20)24/h1-3,8-9,12-13H,4-7,19H2,(H2,20,24)(H,21,22,23). The van der Waals surface area contributed by atoms with Gasteiger partial charge in [0.1, 0.15) is 0 Å². The third-order valence-electron chi connectivity index (χ3n) is 4.27. The van der Waals surface area contributed by atoms with Crippen LogP contribution in [0.3, 0.4) is 0 Å². The average Bonchev–Trinajstić information content (AvgIpc) is 2.58. The Morgan fingerprint density at radius 3 is 2.71 bits per heavy atom. The molecular weight excluding hydrogens is 326 g/mol. The number of amides is 1. The maximum absolute atomic E-state index is 11.4. The van der Waals surface area contributed by atoms with Crippen LogP contribution in [0.5, 0.6) is 0 Å². The molecule has 126 valence electrons. The van der Waals surface area contributed by atoms with Gasteiger partial charge in [0.15, 0.2) is 0 Å².